The lowest BCUT2D eigenvalue weighted by atomic mass is 9.98. The second-order valence-electron chi connectivity index (χ2n) is 5.32. The molecule has 3 rings (SSSR count). The van der Waals surface area contributed by atoms with Gasteiger partial charge in [-0.3, -0.25) is 0 Å². The van der Waals surface area contributed by atoms with Gasteiger partial charge in [0.2, 0.25) is 0 Å². The number of fused-ring (bicyclic) bond motifs is 1. The van der Waals surface area contributed by atoms with E-state index in [0.29, 0.717) is 5.56 Å². The normalized spacial score (nSPS) is 16.3. The standard InChI is InChI=1S/C16H11Cl4NO2/c1-21(2)8-5-3-7(4-6-8)15-9-10(16(22)23-15)12(18)14(20)13(19)11(9)17/h3-6,15H,1-2H3. The summed E-state index contributed by atoms with van der Waals surface area (Å²) in [6, 6.07) is 7.59. The van der Waals surface area contributed by atoms with Gasteiger partial charge in [-0.1, -0.05) is 58.5 Å². The Balaban J connectivity index is 2.15. The number of rotatable bonds is 2. The van der Waals surface area contributed by atoms with E-state index in [-0.39, 0.29) is 25.7 Å². The van der Waals surface area contributed by atoms with Crippen LogP contribution in [0.2, 0.25) is 20.1 Å². The van der Waals surface area contributed by atoms with Gasteiger partial charge < -0.3 is 9.64 Å². The molecule has 3 nitrogen and oxygen atoms in total. The Morgan fingerprint density at radius 1 is 0.913 bits per heavy atom. The number of hydrogen-bond acceptors (Lipinski definition) is 3. The molecule has 0 spiro atoms. The van der Waals surface area contributed by atoms with Crippen molar-refractivity contribution in [1.82, 2.24) is 0 Å². The highest BCUT2D eigenvalue weighted by Crippen LogP contribution is 2.49. The fourth-order valence-electron chi connectivity index (χ4n) is 2.50. The van der Waals surface area contributed by atoms with E-state index in [2.05, 4.69) is 0 Å². The van der Waals surface area contributed by atoms with Crippen molar-refractivity contribution in [2.75, 3.05) is 19.0 Å². The SMILES string of the molecule is CN(C)c1ccc(C2OC(=O)c3c(Cl)c(Cl)c(Cl)c(Cl)c32)cc1. The zero-order chi connectivity index (χ0) is 16.9. The Morgan fingerprint density at radius 3 is 2.04 bits per heavy atom. The van der Waals surface area contributed by atoms with Crippen molar-refractivity contribution in [3.63, 3.8) is 0 Å². The molecule has 0 bridgehead atoms. The van der Waals surface area contributed by atoms with Gasteiger partial charge in [-0.25, -0.2) is 4.79 Å². The molecule has 0 aromatic heterocycles. The van der Waals surface area contributed by atoms with Gasteiger partial charge in [-0.15, -0.1) is 0 Å². The van der Waals surface area contributed by atoms with Crippen molar-refractivity contribution in [2.45, 2.75) is 6.10 Å². The van der Waals surface area contributed by atoms with Crippen LogP contribution < -0.4 is 4.90 Å². The molecule has 120 valence electrons. The molecule has 2 aromatic carbocycles. The van der Waals surface area contributed by atoms with Crippen molar-refractivity contribution in [3.05, 3.63) is 61.0 Å². The fraction of sp³-hybridized carbons (Fsp3) is 0.188. The van der Waals surface area contributed by atoms with E-state index in [9.17, 15) is 4.79 Å². The van der Waals surface area contributed by atoms with E-state index in [0.717, 1.165) is 11.3 Å². The minimum Gasteiger partial charge on any atom is -0.449 e. The van der Waals surface area contributed by atoms with Crippen molar-refractivity contribution in [1.29, 1.82) is 0 Å². The molecule has 1 atom stereocenters. The van der Waals surface area contributed by atoms with E-state index in [1.807, 2.05) is 43.3 Å². The van der Waals surface area contributed by atoms with E-state index in [1.54, 1.807) is 0 Å². The van der Waals surface area contributed by atoms with Gasteiger partial charge in [0.05, 0.1) is 25.7 Å². The van der Waals surface area contributed by atoms with Crippen LogP contribution in [-0.2, 0) is 4.74 Å². The minimum atomic E-state index is -0.659. The van der Waals surface area contributed by atoms with E-state index < -0.39 is 12.1 Å². The fourth-order valence-corrected chi connectivity index (χ4v) is 3.54. The van der Waals surface area contributed by atoms with Gasteiger partial charge in [0.1, 0.15) is 0 Å². The molecule has 0 amide bonds. The number of halogens is 4. The van der Waals surface area contributed by atoms with Crippen LogP contribution in [-0.4, -0.2) is 20.1 Å². The van der Waals surface area contributed by atoms with Crippen LogP contribution in [0, 0.1) is 0 Å². The predicted molar refractivity (Wildman–Crippen MR) is 94.5 cm³/mol. The summed E-state index contributed by atoms with van der Waals surface area (Å²) in [5.74, 6) is -0.563. The summed E-state index contributed by atoms with van der Waals surface area (Å²) in [5.41, 5.74) is 2.43. The Morgan fingerprint density at radius 2 is 1.48 bits per heavy atom. The monoisotopic (exact) mass is 389 g/mol. The van der Waals surface area contributed by atoms with Gasteiger partial charge in [0.15, 0.2) is 6.10 Å². The summed E-state index contributed by atoms with van der Waals surface area (Å²) in [4.78, 5) is 14.2. The van der Waals surface area contributed by atoms with Gasteiger partial charge in [0.25, 0.3) is 0 Å². The first kappa shape index (κ1) is 16.7. The number of carbonyl (C=O) groups excluding carboxylic acids is 1. The zero-order valence-electron chi connectivity index (χ0n) is 12.2. The van der Waals surface area contributed by atoms with E-state index in [4.69, 9.17) is 51.1 Å². The van der Waals surface area contributed by atoms with Crippen molar-refractivity contribution in [2.24, 2.45) is 0 Å². The Labute approximate surface area is 153 Å². The van der Waals surface area contributed by atoms with Crippen LogP contribution in [0.3, 0.4) is 0 Å². The first-order valence-electron chi connectivity index (χ1n) is 6.67. The summed E-state index contributed by atoms with van der Waals surface area (Å²) in [5, 5.41) is 0.417. The molecule has 0 aliphatic carbocycles. The molecule has 0 saturated heterocycles. The third kappa shape index (κ3) is 2.66. The lowest BCUT2D eigenvalue weighted by molar-refractivity contribution is 0.0456. The minimum absolute atomic E-state index is 0.0534. The maximum absolute atomic E-state index is 12.2. The van der Waals surface area contributed by atoms with E-state index in [1.165, 1.54) is 0 Å². The lowest BCUT2D eigenvalue weighted by Crippen LogP contribution is -2.09. The van der Waals surface area contributed by atoms with Gasteiger partial charge >= 0.3 is 5.97 Å². The summed E-state index contributed by atoms with van der Waals surface area (Å²) in [6.45, 7) is 0. The van der Waals surface area contributed by atoms with Gasteiger partial charge in [-0.05, 0) is 17.7 Å². The van der Waals surface area contributed by atoms with Crippen LogP contribution in [0.25, 0.3) is 0 Å². The molecule has 1 aliphatic heterocycles. The Bertz CT molecular complexity index is 803. The van der Waals surface area contributed by atoms with Crippen molar-refractivity contribution >= 4 is 58.1 Å². The predicted octanol–water partition coefficient (Wildman–Crippen LogP) is 5.63. The maximum Gasteiger partial charge on any atom is 0.341 e. The van der Waals surface area contributed by atoms with Crippen LogP contribution in [0.5, 0.6) is 0 Å². The second kappa shape index (κ2) is 6.06. The topological polar surface area (TPSA) is 29.5 Å². The number of cyclic esters (lactones) is 1. The summed E-state index contributed by atoms with van der Waals surface area (Å²) in [6.07, 6.45) is -0.659. The third-order valence-electron chi connectivity index (χ3n) is 3.71. The quantitative estimate of drug-likeness (QED) is 0.378. The molecule has 2 aromatic rings. The molecule has 0 fully saturated rings. The first-order valence-corrected chi connectivity index (χ1v) is 8.18. The number of nitrogens with zero attached hydrogens (tertiary/aromatic N) is 1. The average Bonchev–Trinajstić information content (AvgIpc) is 2.88. The smallest absolute Gasteiger partial charge is 0.341 e. The number of ether oxygens (including phenoxy) is 1. The zero-order valence-corrected chi connectivity index (χ0v) is 15.2. The highest BCUT2D eigenvalue weighted by atomic mass is 35.5. The second-order valence-corrected chi connectivity index (χ2v) is 6.83. The molecular weight excluding hydrogens is 380 g/mol. The number of anilines is 1. The number of hydrogen-bond donors (Lipinski definition) is 0. The summed E-state index contributed by atoms with van der Waals surface area (Å²) < 4.78 is 5.45. The first-order chi connectivity index (χ1) is 10.8. The molecule has 1 heterocycles. The molecular formula is C16H11Cl4NO2. The van der Waals surface area contributed by atoms with Crippen LogP contribution in [0.4, 0.5) is 5.69 Å². The van der Waals surface area contributed by atoms with Crippen LogP contribution in [0.15, 0.2) is 24.3 Å². The molecule has 23 heavy (non-hydrogen) atoms. The van der Waals surface area contributed by atoms with Crippen molar-refractivity contribution < 1.29 is 9.53 Å². The molecule has 1 aliphatic rings. The molecule has 0 radical (unpaired) electrons. The molecule has 0 N–H and O–H groups in total. The van der Waals surface area contributed by atoms with Crippen molar-refractivity contribution in [3.8, 4) is 0 Å². The highest BCUT2D eigenvalue weighted by Gasteiger charge is 2.39. The number of carbonyl (C=O) groups is 1. The number of benzene rings is 2. The average molecular weight is 391 g/mol. The number of esters is 1. The Kier molecular flexibility index (Phi) is 4.41. The van der Waals surface area contributed by atoms with Crippen LogP contribution >= 0.6 is 46.4 Å². The summed E-state index contributed by atoms with van der Waals surface area (Å²) in [7, 11) is 3.89. The summed E-state index contributed by atoms with van der Waals surface area (Å²) >= 11 is 24.6. The van der Waals surface area contributed by atoms with Gasteiger partial charge in [0, 0.05) is 25.3 Å². The maximum atomic E-state index is 12.2. The molecule has 0 saturated carbocycles. The lowest BCUT2D eigenvalue weighted by Gasteiger charge is -2.16. The molecule has 1 unspecified atom stereocenters. The molecule has 7 heteroatoms. The van der Waals surface area contributed by atoms with E-state index >= 15 is 0 Å². The Hall–Kier alpha value is -1.13. The van der Waals surface area contributed by atoms with Crippen LogP contribution in [0.1, 0.15) is 27.6 Å². The highest BCUT2D eigenvalue weighted by molar-refractivity contribution is 6.53. The third-order valence-corrected chi connectivity index (χ3v) is 5.52. The largest absolute Gasteiger partial charge is 0.449 e. The van der Waals surface area contributed by atoms with Gasteiger partial charge in [-0.2, -0.15) is 0 Å².